The molecule has 2 aromatic carbocycles. The summed E-state index contributed by atoms with van der Waals surface area (Å²) < 4.78 is 10.4. The van der Waals surface area contributed by atoms with E-state index in [1.165, 1.54) is 0 Å². The lowest BCUT2D eigenvalue weighted by atomic mass is 10.2. The zero-order valence-corrected chi connectivity index (χ0v) is 16.2. The van der Waals surface area contributed by atoms with Gasteiger partial charge in [-0.15, -0.1) is 0 Å². The molecular weight excluding hydrogens is 386 g/mol. The quantitative estimate of drug-likeness (QED) is 0.639. The first-order chi connectivity index (χ1) is 13.1. The van der Waals surface area contributed by atoms with Crippen molar-refractivity contribution >= 4 is 57.0 Å². The van der Waals surface area contributed by atoms with E-state index in [1.807, 2.05) is 37.3 Å². The Labute approximate surface area is 166 Å². The third-order valence-corrected chi connectivity index (χ3v) is 5.12. The van der Waals surface area contributed by atoms with E-state index in [9.17, 15) is 0 Å². The van der Waals surface area contributed by atoms with E-state index < -0.39 is 0 Å². The molecule has 0 bridgehead atoms. The van der Waals surface area contributed by atoms with Crippen molar-refractivity contribution in [3.8, 4) is 0 Å². The van der Waals surface area contributed by atoms with Gasteiger partial charge in [0.2, 0.25) is 0 Å². The molecule has 9 heteroatoms. The van der Waals surface area contributed by atoms with Crippen LogP contribution < -0.4 is 15.5 Å². The van der Waals surface area contributed by atoms with E-state index in [2.05, 4.69) is 25.8 Å². The van der Waals surface area contributed by atoms with Crippen LogP contribution in [0.1, 0.15) is 5.56 Å². The molecule has 0 atom stereocenters. The van der Waals surface area contributed by atoms with E-state index in [4.69, 9.17) is 33.2 Å². The van der Waals surface area contributed by atoms with Crippen molar-refractivity contribution < 1.29 is 9.37 Å². The Morgan fingerprint density at radius 1 is 1.07 bits per heavy atom. The van der Waals surface area contributed by atoms with Crippen LogP contribution in [-0.2, 0) is 4.74 Å². The summed E-state index contributed by atoms with van der Waals surface area (Å²) in [7, 11) is 0. The fourth-order valence-corrected chi connectivity index (χ4v) is 3.43. The standard InChI is InChI=1S/C18H18ClN5O2S/c1-11-12(19)3-2-4-13(11)20-18(27)21-14-5-6-15(17-16(14)22-26-23-17)24-7-9-25-10-8-24/h2-6H,7-10H2,1H3,(H2,20,21,27). The Hall–Kier alpha value is -2.42. The Bertz CT molecular complexity index is 987. The van der Waals surface area contributed by atoms with Crippen molar-refractivity contribution in [3.05, 3.63) is 40.9 Å². The number of anilines is 3. The molecule has 0 amide bonds. The van der Waals surface area contributed by atoms with Crippen LogP contribution in [0, 0.1) is 6.92 Å². The van der Waals surface area contributed by atoms with Crippen LogP contribution in [0.25, 0.3) is 11.0 Å². The number of hydrogen-bond acceptors (Lipinski definition) is 6. The molecule has 1 aliphatic heterocycles. The highest BCUT2D eigenvalue weighted by molar-refractivity contribution is 7.80. The van der Waals surface area contributed by atoms with E-state index in [0.717, 1.165) is 35.7 Å². The number of aromatic nitrogens is 2. The van der Waals surface area contributed by atoms with Crippen LogP contribution in [0.2, 0.25) is 5.02 Å². The first-order valence-electron chi connectivity index (χ1n) is 8.54. The lowest BCUT2D eigenvalue weighted by Gasteiger charge is -2.28. The minimum atomic E-state index is 0.434. The van der Waals surface area contributed by atoms with Crippen LogP contribution in [0.15, 0.2) is 35.0 Å². The topological polar surface area (TPSA) is 75.5 Å². The molecule has 4 rings (SSSR count). The van der Waals surface area contributed by atoms with Gasteiger partial charge in [-0.3, -0.25) is 0 Å². The highest BCUT2D eigenvalue weighted by Crippen LogP contribution is 2.31. The lowest BCUT2D eigenvalue weighted by Crippen LogP contribution is -2.36. The van der Waals surface area contributed by atoms with Gasteiger partial charge >= 0.3 is 0 Å². The number of rotatable bonds is 3. The Kier molecular flexibility index (Phi) is 5.11. The zero-order chi connectivity index (χ0) is 18.8. The summed E-state index contributed by atoms with van der Waals surface area (Å²) in [5.41, 5.74) is 4.80. The molecule has 0 radical (unpaired) electrons. The van der Waals surface area contributed by atoms with Gasteiger partial charge in [0.25, 0.3) is 0 Å². The monoisotopic (exact) mass is 403 g/mol. The van der Waals surface area contributed by atoms with Gasteiger partial charge < -0.3 is 20.3 Å². The lowest BCUT2D eigenvalue weighted by molar-refractivity contribution is 0.123. The molecule has 1 saturated heterocycles. The molecule has 0 aliphatic carbocycles. The van der Waals surface area contributed by atoms with Crippen molar-refractivity contribution in [2.75, 3.05) is 41.8 Å². The number of morpholine rings is 1. The SMILES string of the molecule is Cc1c(Cl)cccc1NC(=S)Nc1ccc(N2CCOCC2)c2nonc12. The van der Waals surface area contributed by atoms with Gasteiger partial charge in [0.1, 0.15) is 0 Å². The molecule has 0 saturated carbocycles. The zero-order valence-electron chi connectivity index (χ0n) is 14.7. The minimum absolute atomic E-state index is 0.434. The molecule has 140 valence electrons. The predicted octanol–water partition coefficient (Wildman–Crippen LogP) is 3.83. The minimum Gasteiger partial charge on any atom is -0.378 e. The van der Waals surface area contributed by atoms with E-state index in [-0.39, 0.29) is 0 Å². The third kappa shape index (κ3) is 3.69. The first-order valence-corrected chi connectivity index (χ1v) is 9.33. The van der Waals surface area contributed by atoms with Crippen LogP contribution in [0.3, 0.4) is 0 Å². The van der Waals surface area contributed by atoms with Gasteiger partial charge in [0.05, 0.1) is 24.6 Å². The van der Waals surface area contributed by atoms with Gasteiger partial charge in [-0.05, 0) is 59.3 Å². The molecule has 1 fully saturated rings. The molecule has 7 nitrogen and oxygen atoms in total. The maximum absolute atomic E-state index is 6.16. The Morgan fingerprint density at radius 3 is 2.63 bits per heavy atom. The number of ether oxygens (including phenoxy) is 1. The molecule has 3 aromatic rings. The van der Waals surface area contributed by atoms with Gasteiger partial charge in [-0.25, -0.2) is 4.63 Å². The number of hydrogen-bond donors (Lipinski definition) is 2. The smallest absolute Gasteiger partial charge is 0.175 e. The number of benzene rings is 2. The second kappa shape index (κ2) is 7.67. The fourth-order valence-electron chi connectivity index (χ4n) is 3.03. The molecule has 27 heavy (non-hydrogen) atoms. The summed E-state index contributed by atoms with van der Waals surface area (Å²) >= 11 is 11.6. The number of nitrogens with zero attached hydrogens (tertiary/aromatic N) is 3. The average molecular weight is 404 g/mol. The van der Waals surface area contributed by atoms with Gasteiger partial charge in [0, 0.05) is 23.8 Å². The summed E-state index contributed by atoms with van der Waals surface area (Å²) in [4.78, 5) is 2.21. The van der Waals surface area contributed by atoms with Crippen LogP contribution in [0.4, 0.5) is 17.1 Å². The molecule has 1 aliphatic rings. The Morgan fingerprint density at radius 2 is 1.81 bits per heavy atom. The third-order valence-electron chi connectivity index (χ3n) is 4.51. The molecule has 2 heterocycles. The normalized spacial score (nSPS) is 14.4. The summed E-state index contributed by atoms with van der Waals surface area (Å²) in [6.07, 6.45) is 0. The highest BCUT2D eigenvalue weighted by atomic mass is 35.5. The Balaban J connectivity index is 1.56. The van der Waals surface area contributed by atoms with Crippen molar-refractivity contribution in [1.82, 2.24) is 10.3 Å². The highest BCUT2D eigenvalue weighted by Gasteiger charge is 2.19. The maximum Gasteiger partial charge on any atom is 0.175 e. The van der Waals surface area contributed by atoms with Crippen LogP contribution in [0.5, 0.6) is 0 Å². The molecular formula is C18H18ClN5O2S. The summed E-state index contributed by atoms with van der Waals surface area (Å²) in [6.45, 7) is 4.94. The molecule has 2 N–H and O–H groups in total. The van der Waals surface area contributed by atoms with Gasteiger partial charge in [-0.1, -0.05) is 17.7 Å². The van der Waals surface area contributed by atoms with Crippen LogP contribution in [-0.4, -0.2) is 41.7 Å². The largest absolute Gasteiger partial charge is 0.378 e. The average Bonchev–Trinajstić information content (AvgIpc) is 3.17. The second-order valence-corrected chi connectivity index (χ2v) is 7.00. The number of thiocarbonyl (C=S) groups is 1. The number of halogens is 1. The summed E-state index contributed by atoms with van der Waals surface area (Å²) in [5.74, 6) is 0. The first kappa shape index (κ1) is 18.0. The summed E-state index contributed by atoms with van der Waals surface area (Å²) in [5, 5.41) is 15.6. The van der Waals surface area contributed by atoms with E-state index in [1.54, 1.807) is 0 Å². The molecule has 0 spiro atoms. The predicted molar refractivity (Wildman–Crippen MR) is 111 cm³/mol. The van der Waals surface area contributed by atoms with Crippen molar-refractivity contribution in [2.24, 2.45) is 0 Å². The van der Waals surface area contributed by atoms with Crippen molar-refractivity contribution in [3.63, 3.8) is 0 Å². The summed E-state index contributed by atoms with van der Waals surface area (Å²) in [6, 6.07) is 9.55. The van der Waals surface area contributed by atoms with Crippen molar-refractivity contribution in [1.29, 1.82) is 0 Å². The fraction of sp³-hybridized carbons (Fsp3) is 0.278. The van der Waals surface area contributed by atoms with Gasteiger partial charge in [0.15, 0.2) is 16.1 Å². The van der Waals surface area contributed by atoms with Crippen molar-refractivity contribution in [2.45, 2.75) is 6.92 Å². The van der Waals surface area contributed by atoms with E-state index in [0.29, 0.717) is 34.4 Å². The second-order valence-electron chi connectivity index (χ2n) is 6.18. The molecule has 1 aromatic heterocycles. The molecule has 0 unspecified atom stereocenters. The van der Waals surface area contributed by atoms with E-state index >= 15 is 0 Å². The van der Waals surface area contributed by atoms with Crippen LogP contribution >= 0.6 is 23.8 Å². The number of nitrogens with one attached hydrogen (secondary N) is 2. The maximum atomic E-state index is 6.16. The number of fused-ring (bicyclic) bond motifs is 1. The van der Waals surface area contributed by atoms with Gasteiger partial charge in [-0.2, -0.15) is 0 Å².